The smallest absolute Gasteiger partial charge is 0.161 e. The zero-order chi connectivity index (χ0) is 37.6. The Morgan fingerprint density at radius 2 is 1.00 bits per heavy atom. The number of aryl methyl sites for hydroxylation is 1. The van der Waals surface area contributed by atoms with Gasteiger partial charge in [-0.1, -0.05) is 176 Å². The van der Waals surface area contributed by atoms with Crippen LogP contribution in [0.3, 0.4) is 0 Å². The van der Waals surface area contributed by atoms with E-state index in [1.165, 1.54) is 44.5 Å². The van der Waals surface area contributed by atoms with Crippen molar-refractivity contribution in [1.29, 1.82) is 0 Å². The van der Waals surface area contributed by atoms with E-state index in [4.69, 9.17) is 9.98 Å². The van der Waals surface area contributed by atoms with Gasteiger partial charge in [-0.25, -0.2) is 9.98 Å². The Kier molecular flexibility index (Phi) is 10.2. The molecule has 0 atom stereocenters. The van der Waals surface area contributed by atoms with Crippen molar-refractivity contribution in [3.63, 3.8) is 0 Å². The second kappa shape index (κ2) is 16.0. The van der Waals surface area contributed by atoms with Crippen molar-refractivity contribution in [2.45, 2.75) is 20.4 Å². The zero-order valence-electron chi connectivity index (χ0n) is 31.2. The number of benzene rings is 8. The lowest BCUT2D eigenvalue weighted by molar-refractivity contribution is 1.06. The first-order valence-corrected chi connectivity index (χ1v) is 18.6. The molecule has 0 fully saturated rings. The predicted molar refractivity (Wildman–Crippen MR) is 234 cm³/mol. The molecule has 8 aromatic carbocycles. The third-order valence-corrected chi connectivity index (χ3v) is 10.3. The van der Waals surface area contributed by atoms with Gasteiger partial charge in [0.1, 0.15) is 0 Å². The topological polar surface area (TPSA) is 37.1 Å². The fourth-order valence-electron chi connectivity index (χ4n) is 7.19. The Morgan fingerprint density at radius 3 is 1.71 bits per heavy atom. The summed E-state index contributed by atoms with van der Waals surface area (Å²) in [5.74, 6) is 1.13. The van der Waals surface area contributed by atoms with Crippen LogP contribution in [-0.4, -0.2) is 18.4 Å². The summed E-state index contributed by atoms with van der Waals surface area (Å²) in [6.45, 7) is 8.76. The number of hydrogen-bond donors (Lipinski definition) is 0. The third-order valence-electron chi connectivity index (χ3n) is 10.3. The molecule has 0 aliphatic heterocycles. The molecule has 0 aliphatic rings. The van der Waals surface area contributed by atoms with Crippen LogP contribution in [0, 0.1) is 13.8 Å². The second-order valence-corrected chi connectivity index (χ2v) is 13.8. The van der Waals surface area contributed by atoms with Gasteiger partial charge in [0.2, 0.25) is 0 Å². The average molecular weight is 708 g/mol. The maximum Gasteiger partial charge on any atom is 0.161 e. The van der Waals surface area contributed by atoms with Gasteiger partial charge < -0.3 is 0 Å². The Hall–Kier alpha value is -6.97. The molecule has 0 radical (unpaired) electrons. The molecular weight excluding hydrogens is 667 g/mol. The SMILES string of the molecule is C=N/C(=N\C(=N/Cc1ccc(-c2cccc(-c3ccccc3C)c2C)cc1)c1ccc2ccc(-c3ccccc3)cc2c1)c1ccc(-c2ccccc2)cc1. The van der Waals surface area contributed by atoms with Gasteiger partial charge in [-0.3, -0.25) is 4.99 Å². The lowest BCUT2D eigenvalue weighted by Crippen LogP contribution is -2.06. The maximum absolute atomic E-state index is 5.15. The highest BCUT2D eigenvalue weighted by atomic mass is 15.0. The summed E-state index contributed by atoms with van der Waals surface area (Å²) in [7, 11) is 0. The van der Waals surface area contributed by atoms with E-state index in [2.05, 4.69) is 201 Å². The van der Waals surface area contributed by atoms with Crippen molar-refractivity contribution in [3.8, 4) is 44.5 Å². The molecule has 0 aliphatic carbocycles. The van der Waals surface area contributed by atoms with Crippen LogP contribution in [0.15, 0.2) is 203 Å². The summed E-state index contributed by atoms with van der Waals surface area (Å²) in [5, 5.41) is 2.28. The molecule has 0 heterocycles. The number of hydrogen-bond acceptors (Lipinski definition) is 1. The molecule has 3 heteroatoms. The van der Waals surface area contributed by atoms with Crippen LogP contribution < -0.4 is 0 Å². The lowest BCUT2D eigenvalue weighted by Gasteiger charge is -2.14. The fourth-order valence-corrected chi connectivity index (χ4v) is 7.19. The van der Waals surface area contributed by atoms with Gasteiger partial charge in [-0.05, 0) is 105 Å². The van der Waals surface area contributed by atoms with Crippen molar-refractivity contribution >= 4 is 29.2 Å². The van der Waals surface area contributed by atoms with Crippen molar-refractivity contribution in [3.05, 3.63) is 216 Å². The molecule has 0 saturated carbocycles. The number of nitrogens with zero attached hydrogens (tertiary/aromatic N) is 3. The summed E-state index contributed by atoms with van der Waals surface area (Å²) in [6, 6.07) is 66.0. The maximum atomic E-state index is 5.15. The largest absolute Gasteiger partial charge is 0.261 e. The first kappa shape index (κ1) is 35.1. The quantitative estimate of drug-likeness (QED) is 0.111. The van der Waals surface area contributed by atoms with E-state index in [0.717, 1.165) is 38.6 Å². The van der Waals surface area contributed by atoms with Crippen molar-refractivity contribution in [2.24, 2.45) is 15.0 Å². The molecule has 0 saturated heterocycles. The molecule has 0 bridgehead atoms. The molecule has 0 spiro atoms. The number of aliphatic imine (C=N–C) groups is 3. The Labute approximate surface area is 323 Å². The molecule has 8 rings (SSSR count). The van der Waals surface area contributed by atoms with Crippen LogP contribution in [0.5, 0.6) is 0 Å². The van der Waals surface area contributed by atoms with E-state index in [1.807, 2.05) is 12.1 Å². The molecule has 0 unspecified atom stereocenters. The van der Waals surface area contributed by atoms with Gasteiger partial charge in [0.15, 0.2) is 11.7 Å². The standard InChI is InChI=1S/C52H41N3/c1-36-13-10-11-18-48(36)50-20-12-19-49(37(50)2)43-23-21-38(22-24-43)35-54-52(55-51(53-3)44-29-25-41(26-30-44)39-14-6-4-7-15-39)46-32-28-42-27-31-45(33-47(42)34-46)40-16-8-5-9-17-40/h4-34H,3,35H2,1-2H3/b54-52-,55-51-. The molecule has 0 N–H and O–H groups in total. The van der Waals surface area contributed by atoms with E-state index in [9.17, 15) is 0 Å². The minimum Gasteiger partial charge on any atom is -0.261 e. The molecule has 8 aromatic rings. The van der Waals surface area contributed by atoms with Gasteiger partial charge in [-0.15, -0.1) is 0 Å². The van der Waals surface area contributed by atoms with E-state index in [-0.39, 0.29) is 0 Å². The average Bonchev–Trinajstić information content (AvgIpc) is 3.25. The molecule has 264 valence electrons. The fraction of sp³-hybridized carbons (Fsp3) is 0.0577. The molecule has 0 amide bonds. The summed E-state index contributed by atoms with van der Waals surface area (Å²) in [4.78, 5) is 14.7. The molecule has 55 heavy (non-hydrogen) atoms. The normalized spacial score (nSPS) is 11.8. The summed E-state index contributed by atoms with van der Waals surface area (Å²) >= 11 is 0. The van der Waals surface area contributed by atoms with Crippen LogP contribution in [0.4, 0.5) is 0 Å². The second-order valence-electron chi connectivity index (χ2n) is 13.8. The van der Waals surface area contributed by atoms with E-state index >= 15 is 0 Å². The Morgan fingerprint density at radius 1 is 0.436 bits per heavy atom. The highest BCUT2D eigenvalue weighted by Crippen LogP contribution is 2.34. The molecule has 3 nitrogen and oxygen atoms in total. The van der Waals surface area contributed by atoms with Crippen LogP contribution in [0.1, 0.15) is 27.8 Å². The minimum absolute atomic E-state index is 0.459. The van der Waals surface area contributed by atoms with Crippen LogP contribution in [0.25, 0.3) is 55.3 Å². The highest BCUT2D eigenvalue weighted by molar-refractivity contribution is 6.13. The predicted octanol–water partition coefficient (Wildman–Crippen LogP) is 13.2. The highest BCUT2D eigenvalue weighted by Gasteiger charge is 2.12. The first-order valence-electron chi connectivity index (χ1n) is 18.6. The lowest BCUT2D eigenvalue weighted by atomic mass is 9.91. The van der Waals surface area contributed by atoms with E-state index < -0.39 is 0 Å². The number of fused-ring (bicyclic) bond motifs is 1. The third kappa shape index (κ3) is 7.74. The van der Waals surface area contributed by atoms with Crippen molar-refractivity contribution in [1.82, 2.24) is 0 Å². The molecule has 0 aromatic heterocycles. The van der Waals surface area contributed by atoms with Crippen LogP contribution >= 0.6 is 0 Å². The van der Waals surface area contributed by atoms with Crippen LogP contribution in [0.2, 0.25) is 0 Å². The van der Waals surface area contributed by atoms with Gasteiger partial charge in [-0.2, -0.15) is 0 Å². The van der Waals surface area contributed by atoms with E-state index in [0.29, 0.717) is 18.2 Å². The van der Waals surface area contributed by atoms with E-state index in [1.54, 1.807) is 0 Å². The summed E-state index contributed by atoms with van der Waals surface area (Å²) in [5.41, 5.74) is 15.0. The zero-order valence-corrected chi connectivity index (χ0v) is 31.2. The van der Waals surface area contributed by atoms with Crippen molar-refractivity contribution < 1.29 is 0 Å². The van der Waals surface area contributed by atoms with Crippen LogP contribution in [-0.2, 0) is 6.54 Å². The van der Waals surface area contributed by atoms with Gasteiger partial charge >= 0.3 is 0 Å². The molecular formula is C52H41N3. The Balaban J connectivity index is 1.14. The summed E-state index contributed by atoms with van der Waals surface area (Å²) < 4.78 is 0. The first-order chi connectivity index (χ1) is 27.0. The van der Waals surface area contributed by atoms with Gasteiger partial charge in [0.05, 0.1) is 6.54 Å². The monoisotopic (exact) mass is 707 g/mol. The number of amidine groups is 2. The van der Waals surface area contributed by atoms with Crippen molar-refractivity contribution in [2.75, 3.05) is 0 Å². The minimum atomic E-state index is 0.459. The van der Waals surface area contributed by atoms with Gasteiger partial charge in [0.25, 0.3) is 0 Å². The Bertz CT molecular complexity index is 2670. The summed E-state index contributed by atoms with van der Waals surface area (Å²) in [6.07, 6.45) is 0. The van der Waals surface area contributed by atoms with Gasteiger partial charge in [0, 0.05) is 11.1 Å². The number of rotatable bonds is 8.